The smallest absolute Gasteiger partial charge is 0.0229 e. The Morgan fingerprint density at radius 1 is 1.19 bits per heavy atom. The molecule has 2 atom stereocenters. The highest BCUT2D eigenvalue weighted by molar-refractivity contribution is 5.03. The van der Waals surface area contributed by atoms with Gasteiger partial charge in [-0.15, -0.1) is 0 Å². The van der Waals surface area contributed by atoms with Gasteiger partial charge in [-0.25, -0.2) is 0 Å². The lowest BCUT2D eigenvalue weighted by Gasteiger charge is -2.34. The molecule has 16 heavy (non-hydrogen) atoms. The van der Waals surface area contributed by atoms with E-state index in [0.29, 0.717) is 5.41 Å². The topological polar surface area (TPSA) is 0 Å². The van der Waals surface area contributed by atoms with Crippen molar-refractivity contribution >= 4 is 0 Å². The maximum atomic E-state index is 2.43. The van der Waals surface area contributed by atoms with E-state index in [2.05, 4.69) is 54.5 Å². The second kappa shape index (κ2) is 7.14. The van der Waals surface area contributed by atoms with E-state index in [-0.39, 0.29) is 0 Å². The monoisotopic (exact) mass is 224 g/mol. The quantitative estimate of drug-likeness (QED) is 0.477. The van der Waals surface area contributed by atoms with Gasteiger partial charge in [-0.3, -0.25) is 0 Å². The van der Waals surface area contributed by atoms with E-state index in [0.717, 1.165) is 11.8 Å². The predicted octanol–water partition coefficient (Wildman–Crippen LogP) is 5.83. The van der Waals surface area contributed by atoms with Gasteiger partial charge in [-0.2, -0.15) is 0 Å². The van der Waals surface area contributed by atoms with Crippen LogP contribution in [-0.4, -0.2) is 0 Å². The van der Waals surface area contributed by atoms with Crippen LogP contribution in [0.25, 0.3) is 0 Å². The first-order chi connectivity index (χ1) is 7.35. The van der Waals surface area contributed by atoms with Gasteiger partial charge in [-0.1, -0.05) is 66.0 Å². The maximum absolute atomic E-state index is 2.43. The van der Waals surface area contributed by atoms with Crippen molar-refractivity contribution in [3.8, 4) is 0 Å². The molecule has 0 radical (unpaired) electrons. The molecule has 2 unspecified atom stereocenters. The molecule has 0 aliphatic carbocycles. The van der Waals surface area contributed by atoms with E-state index in [1.807, 2.05) is 0 Å². The molecule has 0 aliphatic rings. The van der Waals surface area contributed by atoms with Crippen LogP contribution in [0.15, 0.2) is 11.6 Å². The predicted molar refractivity (Wildman–Crippen MR) is 75.7 cm³/mol. The molecule has 0 rings (SSSR count). The lowest BCUT2D eigenvalue weighted by atomic mass is 9.71. The first-order valence-electron chi connectivity index (χ1n) is 7.01. The summed E-state index contributed by atoms with van der Waals surface area (Å²) in [5.41, 5.74) is 2.04. The van der Waals surface area contributed by atoms with Gasteiger partial charge in [-0.05, 0) is 37.0 Å². The van der Waals surface area contributed by atoms with Crippen molar-refractivity contribution in [2.75, 3.05) is 0 Å². The normalized spacial score (nSPS) is 17.3. The lowest BCUT2D eigenvalue weighted by Crippen LogP contribution is -2.24. The highest BCUT2D eigenvalue weighted by Crippen LogP contribution is 2.38. The summed E-state index contributed by atoms with van der Waals surface area (Å²) in [5.74, 6) is 1.56. The Hall–Kier alpha value is -0.260. The molecule has 0 aromatic heterocycles. The summed E-state index contributed by atoms with van der Waals surface area (Å²) in [7, 11) is 0. The molecule has 0 spiro atoms. The largest absolute Gasteiger partial charge is 0.0856 e. The summed E-state index contributed by atoms with van der Waals surface area (Å²) in [6.45, 7) is 16.5. The van der Waals surface area contributed by atoms with Crippen LogP contribution in [0.1, 0.15) is 74.1 Å². The fourth-order valence-corrected chi connectivity index (χ4v) is 2.50. The Balaban J connectivity index is 4.40. The van der Waals surface area contributed by atoms with Crippen LogP contribution in [0.3, 0.4) is 0 Å². The van der Waals surface area contributed by atoms with E-state index in [4.69, 9.17) is 0 Å². The number of allylic oxidation sites excluding steroid dienone is 2. The third-order valence-electron chi connectivity index (χ3n) is 4.19. The van der Waals surface area contributed by atoms with Gasteiger partial charge < -0.3 is 0 Å². The molecular formula is C16H32. The zero-order chi connectivity index (χ0) is 12.8. The molecule has 0 saturated carbocycles. The molecule has 0 N–H and O–H groups in total. The van der Waals surface area contributed by atoms with Crippen molar-refractivity contribution in [2.45, 2.75) is 74.1 Å². The van der Waals surface area contributed by atoms with Crippen molar-refractivity contribution < 1.29 is 0 Å². The zero-order valence-corrected chi connectivity index (χ0v) is 12.6. The van der Waals surface area contributed by atoms with Crippen LogP contribution in [0.5, 0.6) is 0 Å². The fraction of sp³-hybridized carbons (Fsp3) is 0.875. The molecule has 0 fully saturated rings. The molecule has 0 heterocycles. The molecule has 0 aromatic rings. The Morgan fingerprint density at radius 2 is 1.75 bits per heavy atom. The molecule has 0 heteroatoms. The Morgan fingerprint density at radius 3 is 2.19 bits per heavy atom. The van der Waals surface area contributed by atoms with Crippen molar-refractivity contribution in [1.29, 1.82) is 0 Å². The molecule has 96 valence electrons. The van der Waals surface area contributed by atoms with E-state index >= 15 is 0 Å². The Bertz CT molecular complexity index is 210. The van der Waals surface area contributed by atoms with E-state index in [9.17, 15) is 0 Å². The fourth-order valence-electron chi connectivity index (χ4n) is 2.50. The van der Waals surface area contributed by atoms with Crippen molar-refractivity contribution in [1.82, 2.24) is 0 Å². The van der Waals surface area contributed by atoms with Gasteiger partial charge in [0, 0.05) is 0 Å². The van der Waals surface area contributed by atoms with Gasteiger partial charge in [0.05, 0.1) is 0 Å². The molecular weight excluding hydrogens is 192 g/mol. The summed E-state index contributed by atoms with van der Waals surface area (Å²) in [6.07, 6.45) is 7.53. The second-order valence-corrected chi connectivity index (χ2v) is 6.14. The van der Waals surface area contributed by atoms with Gasteiger partial charge in [0.15, 0.2) is 0 Å². The SMILES string of the molecule is CCC=C(C)C(C)CC(C)(C)C(C)CCC. The molecule has 0 nitrogen and oxygen atoms in total. The summed E-state index contributed by atoms with van der Waals surface area (Å²) >= 11 is 0. The van der Waals surface area contributed by atoms with Crippen LogP contribution >= 0.6 is 0 Å². The highest BCUT2D eigenvalue weighted by Gasteiger charge is 2.27. The van der Waals surface area contributed by atoms with Crippen LogP contribution in [-0.2, 0) is 0 Å². The first kappa shape index (κ1) is 15.7. The Labute approximate surface area is 104 Å². The van der Waals surface area contributed by atoms with Crippen LogP contribution in [0, 0.1) is 17.3 Å². The summed E-state index contributed by atoms with van der Waals surface area (Å²) in [5, 5.41) is 0. The number of hydrogen-bond donors (Lipinski definition) is 0. The number of hydrogen-bond acceptors (Lipinski definition) is 0. The molecule has 0 amide bonds. The van der Waals surface area contributed by atoms with Crippen molar-refractivity contribution in [3.63, 3.8) is 0 Å². The standard InChI is InChI=1S/C16H32/c1-8-10-13(3)14(4)12-16(6,7)15(5)11-9-2/h10,14-15H,8-9,11-12H2,1-7H3. The van der Waals surface area contributed by atoms with E-state index < -0.39 is 0 Å². The molecule has 0 aliphatic heterocycles. The van der Waals surface area contributed by atoms with E-state index in [1.54, 1.807) is 5.57 Å². The zero-order valence-electron chi connectivity index (χ0n) is 12.6. The van der Waals surface area contributed by atoms with E-state index in [1.165, 1.54) is 25.7 Å². The summed E-state index contributed by atoms with van der Waals surface area (Å²) < 4.78 is 0. The minimum Gasteiger partial charge on any atom is -0.0856 e. The lowest BCUT2D eigenvalue weighted by molar-refractivity contribution is 0.178. The summed E-state index contributed by atoms with van der Waals surface area (Å²) in [4.78, 5) is 0. The average Bonchev–Trinajstić information content (AvgIpc) is 2.17. The van der Waals surface area contributed by atoms with Gasteiger partial charge >= 0.3 is 0 Å². The Kier molecular flexibility index (Phi) is 7.03. The van der Waals surface area contributed by atoms with Gasteiger partial charge in [0.1, 0.15) is 0 Å². The number of rotatable bonds is 7. The summed E-state index contributed by atoms with van der Waals surface area (Å²) in [6, 6.07) is 0. The molecule has 0 aromatic carbocycles. The second-order valence-electron chi connectivity index (χ2n) is 6.14. The highest BCUT2D eigenvalue weighted by atomic mass is 14.3. The van der Waals surface area contributed by atoms with Crippen LogP contribution < -0.4 is 0 Å². The third kappa shape index (κ3) is 5.18. The van der Waals surface area contributed by atoms with Crippen LogP contribution in [0.4, 0.5) is 0 Å². The first-order valence-corrected chi connectivity index (χ1v) is 7.01. The third-order valence-corrected chi connectivity index (χ3v) is 4.19. The van der Waals surface area contributed by atoms with Crippen molar-refractivity contribution in [2.24, 2.45) is 17.3 Å². The van der Waals surface area contributed by atoms with Gasteiger partial charge in [0.2, 0.25) is 0 Å². The minimum absolute atomic E-state index is 0.471. The van der Waals surface area contributed by atoms with Gasteiger partial charge in [0.25, 0.3) is 0 Å². The minimum atomic E-state index is 0.471. The van der Waals surface area contributed by atoms with Crippen molar-refractivity contribution in [3.05, 3.63) is 11.6 Å². The van der Waals surface area contributed by atoms with Crippen LogP contribution in [0.2, 0.25) is 0 Å². The molecule has 0 saturated heterocycles. The maximum Gasteiger partial charge on any atom is -0.0229 e. The molecule has 0 bridgehead atoms. The average molecular weight is 224 g/mol.